The molecular formula is C2H7Ge2O. The average Bonchev–Trinajstić information content (AvgIpc) is 1.38. The molecule has 0 aromatic rings. The maximum absolute atomic E-state index is 9.93. The molecule has 0 aliphatic heterocycles. The third-order valence-corrected chi connectivity index (χ3v) is 9.51. The Morgan fingerprint density at radius 2 is 2.20 bits per heavy atom. The van der Waals surface area contributed by atoms with Crippen LogP contribution in [0.3, 0.4) is 0 Å². The molecule has 1 nitrogen and oxygen atoms in total. The summed E-state index contributed by atoms with van der Waals surface area (Å²) < 4.78 is 0.498. The normalized spacial score (nSPS) is 10.0. The van der Waals surface area contributed by atoms with Crippen LogP contribution in [0.25, 0.3) is 0 Å². The van der Waals surface area contributed by atoms with E-state index in [4.69, 9.17) is 0 Å². The molecule has 0 unspecified atom stereocenters. The van der Waals surface area contributed by atoms with E-state index in [0.717, 1.165) is 0 Å². The summed E-state index contributed by atoms with van der Waals surface area (Å²) in [5.74, 6) is 0. The van der Waals surface area contributed by atoms with Crippen LogP contribution in [0.1, 0.15) is 6.92 Å². The molecule has 0 bridgehead atoms. The van der Waals surface area contributed by atoms with Gasteiger partial charge in [0, 0.05) is 0 Å². The molecule has 0 saturated carbocycles. The van der Waals surface area contributed by atoms with E-state index in [9.17, 15) is 4.79 Å². The van der Waals surface area contributed by atoms with Gasteiger partial charge >= 0.3 is 44.3 Å². The number of hydrogen-bond acceptors (Lipinski definition) is 1. The first-order chi connectivity index (χ1) is 2.27. The molecule has 0 heterocycles. The topological polar surface area (TPSA) is 17.1 Å². The van der Waals surface area contributed by atoms with Gasteiger partial charge in [0.2, 0.25) is 0 Å². The van der Waals surface area contributed by atoms with Gasteiger partial charge in [-0.05, 0) is 0 Å². The van der Waals surface area contributed by atoms with Gasteiger partial charge in [-0.3, -0.25) is 0 Å². The van der Waals surface area contributed by atoms with Crippen molar-refractivity contribution in [3.8, 4) is 0 Å². The predicted octanol–water partition coefficient (Wildman–Crippen LogP) is -1.75. The third-order valence-electron chi connectivity index (χ3n) is 0.352. The van der Waals surface area contributed by atoms with E-state index in [1.165, 1.54) is 14.5 Å². The van der Waals surface area contributed by atoms with E-state index < -0.39 is 13.5 Å². The van der Waals surface area contributed by atoms with Gasteiger partial charge in [0.25, 0.3) is 0 Å². The molecule has 0 aliphatic rings. The fourth-order valence-corrected chi connectivity index (χ4v) is 0. The fraction of sp³-hybridized carbons (Fsp3) is 0.500. The van der Waals surface area contributed by atoms with Crippen molar-refractivity contribution in [3.63, 3.8) is 0 Å². The van der Waals surface area contributed by atoms with Crippen LogP contribution >= 0.6 is 0 Å². The van der Waals surface area contributed by atoms with E-state index >= 15 is 0 Å². The van der Waals surface area contributed by atoms with Gasteiger partial charge in [0.1, 0.15) is 0 Å². The van der Waals surface area contributed by atoms with Crippen LogP contribution in [0.4, 0.5) is 0 Å². The van der Waals surface area contributed by atoms with Gasteiger partial charge in [-0.2, -0.15) is 0 Å². The van der Waals surface area contributed by atoms with Gasteiger partial charge in [0.05, 0.1) is 0 Å². The molecule has 5 heavy (non-hydrogen) atoms. The van der Waals surface area contributed by atoms with Gasteiger partial charge in [-0.1, -0.05) is 0 Å². The standard InChI is InChI=1S/C2H7Ge2O/c1-2(5)4-3/h3-4H2,1H3. The second-order valence-corrected chi connectivity index (χ2v) is 9.54. The van der Waals surface area contributed by atoms with Crippen LogP contribution in [0, 0.1) is 0 Å². The molecule has 1 radical (unpaired) electrons. The van der Waals surface area contributed by atoms with Crippen LogP contribution in [0.5, 0.6) is 0 Å². The summed E-state index contributed by atoms with van der Waals surface area (Å²) in [5.41, 5.74) is 0. The van der Waals surface area contributed by atoms with Gasteiger partial charge in [-0.25, -0.2) is 0 Å². The molecule has 0 rings (SSSR count). The molecule has 0 aromatic carbocycles. The van der Waals surface area contributed by atoms with Crippen LogP contribution in [-0.4, -0.2) is 32.6 Å². The minimum atomic E-state index is -0.500. The summed E-state index contributed by atoms with van der Waals surface area (Å²) in [6, 6.07) is 0. The van der Waals surface area contributed by atoms with Crippen molar-refractivity contribution in [2.45, 2.75) is 6.92 Å². The Labute approximate surface area is 44.6 Å². The quantitative estimate of drug-likeness (QED) is 0.450. The van der Waals surface area contributed by atoms with Crippen molar-refractivity contribution < 1.29 is 4.79 Å². The van der Waals surface area contributed by atoms with Gasteiger partial charge in [-0.15, -0.1) is 0 Å². The Bertz CT molecular complexity index is 42.9. The molecule has 0 atom stereocenters. The van der Waals surface area contributed by atoms with Crippen molar-refractivity contribution in [3.05, 3.63) is 0 Å². The summed E-state index contributed by atoms with van der Waals surface area (Å²) in [4.78, 5) is 9.93. The van der Waals surface area contributed by atoms with Crippen LogP contribution in [-0.2, 0) is 4.79 Å². The molecule has 0 aliphatic carbocycles. The monoisotopic (exact) mass is 195 g/mol. The van der Waals surface area contributed by atoms with E-state index in [1.54, 1.807) is 6.92 Å². The molecule has 0 fully saturated rings. The van der Waals surface area contributed by atoms with E-state index in [0.29, 0.717) is 4.62 Å². The van der Waals surface area contributed by atoms with Crippen molar-refractivity contribution in [1.29, 1.82) is 0 Å². The SMILES string of the molecule is C[C](=O)[GeH2][GeH2]. The number of carbonyl (C=O) groups excluding carboxylic acids is 1. The van der Waals surface area contributed by atoms with Gasteiger partial charge in [0.15, 0.2) is 0 Å². The first-order valence-corrected chi connectivity index (χ1v) is 16.0. The first kappa shape index (κ1) is 5.76. The molecule has 0 aromatic heterocycles. The summed E-state index contributed by atoms with van der Waals surface area (Å²) >= 11 is 0.794. The molecule has 0 N–H and O–H groups in total. The zero-order valence-electron chi connectivity index (χ0n) is 3.32. The predicted molar refractivity (Wildman–Crippen MR) is 27.8 cm³/mol. The van der Waals surface area contributed by atoms with Crippen LogP contribution in [0.15, 0.2) is 0 Å². The van der Waals surface area contributed by atoms with Gasteiger partial charge < -0.3 is 0 Å². The molecule has 3 heteroatoms. The summed E-state index contributed by atoms with van der Waals surface area (Å²) in [6.45, 7) is 1.70. The summed E-state index contributed by atoms with van der Waals surface area (Å²) in [7, 11) is 0. The molecule has 0 saturated heterocycles. The van der Waals surface area contributed by atoms with Crippen molar-refractivity contribution >= 4 is 32.6 Å². The van der Waals surface area contributed by atoms with E-state index in [-0.39, 0.29) is 0 Å². The Hall–Kier alpha value is 0.756. The summed E-state index contributed by atoms with van der Waals surface area (Å²) in [5, 5.41) is 0. The Morgan fingerprint density at radius 3 is 2.20 bits per heavy atom. The zero-order chi connectivity index (χ0) is 4.28. The molecule has 29 valence electrons. The first-order valence-electron chi connectivity index (χ1n) is 1.56. The van der Waals surface area contributed by atoms with Crippen LogP contribution < -0.4 is 0 Å². The molecule has 0 spiro atoms. The Kier molecular flexibility index (Phi) is 3.41. The van der Waals surface area contributed by atoms with Crippen molar-refractivity contribution in [2.24, 2.45) is 0 Å². The zero-order valence-corrected chi connectivity index (χ0v) is 9.26. The van der Waals surface area contributed by atoms with E-state index in [1.807, 2.05) is 0 Å². The fourth-order valence-electron chi connectivity index (χ4n) is 0. The summed E-state index contributed by atoms with van der Waals surface area (Å²) in [6.07, 6.45) is 0. The average molecular weight is 192 g/mol. The van der Waals surface area contributed by atoms with E-state index in [2.05, 4.69) is 0 Å². The third kappa shape index (κ3) is 4.76. The molecular weight excluding hydrogens is 185 g/mol. The second kappa shape index (κ2) is 2.97. The number of rotatable bonds is 1. The van der Waals surface area contributed by atoms with Crippen molar-refractivity contribution in [2.75, 3.05) is 0 Å². The maximum atomic E-state index is 9.93. The Balaban J connectivity index is 2.85. The number of carbonyl (C=O) groups is 1. The number of hydrogen-bond donors (Lipinski definition) is 0. The minimum absolute atomic E-state index is 0.498. The van der Waals surface area contributed by atoms with Crippen LogP contribution in [0.2, 0.25) is 0 Å². The second-order valence-electron chi connectivity index (χ2n) is 0.952. The Morgan fingerprint density at radius 1 is 2.00 bits per heavy atom. The van der Waals surface area contributed by atoms with Crippen molar-refractivity contribution in [1.82, 2.24) is 0 Å². The molecule has 0 amide bonds.